The molecule has 1 heterocycles. The van der Waals surface area contributed by atoms with E-state index in [-0.39, 0.29) is 12.3 Å². The fraction of sp³-hybridized carbons (Fsp3) is 0.500. The van der Waals surface area contributed by atoms with Crippen molar-refractivity contribution in [2.45, 2.75) is 42.7 Å². The fourth-order valence-electron chi connectivity index (χ4n) is 2.48. The number of rotatable bonds is 6. The highest BCUT2D eigenvalue weighted by molar-refractivity contribution is 7.98. The number of hydrogen-bond donors (Lipinski definition) is 2. The highest BCUT2D eigenvalue weighted by atomic mass is 32.2. The quantitative estimate of drug-likeness (QED) is 0.787. The molecule has 1 aromatic rings. The van der Waals surface area contributed by atoms with E-state index in [0.717, 1.165) is 23.3 Å². The first-order chi connectivity index (χ1) is 10.6. The molecule has 5 nitrogen and oxygen atoms in total. The van der Waals surface area contributed by atoms with Gasteiger partial charge in [-0.05, 0) is 43.2 Å². The molecule has 0 radical (unpaired) electrons. The van der Waals surface area contributed by atoms with E-state index in [9.17, 15) is 9.59 Å². The molecule has 0 aliphatic carbocycles. The maximum absolute atomic E-state index is 12.3. The molecule has 0 bridgehead atoms. The molecule has 0 saturated carbocycles. The molecule has 22 heavy (non-hydrogen) atoms. The number of carboxylic acids is 1. The van der Waals surface area contributed by atoms with Gasteiger partial charge in [-0.15, -0.1) is 11.8 Å². The molecular formula is C16H21NO4S. The SMILES string of the molecule is CSc1ccc(C(CC(=O)O)NC(=O)C2CCCCO2)cc1. The number of nitrogens with one attached hydrogen (secondary N) is 1. The summed E-state index contributed by atoms with van der Waals surface area (Å²) in [5.74, 6) is -1.16. The minimum atomic E-state index is -0.941. The lowest BCUT2D eigenvalue weighted by Crippen LogP contribution is -2.40. The van der Waals surface area contributed by atoms with Crippen molar-refractivity contribution in [2.24, 2.45) is 0 Å². The van der Waals surface area contributed by atoms with Gasteiger partial charge in [-0.25, -0.2) is 0 Å². The van der Waals surface area contributed by atoms with Crippen molar-refractivity contribution in [3.8, 4) is 0 Å². The van der Waals surface area contributed by atoms with Gasteiger partial charge in [-0.1, -0.05) is 12.1 Å². The zero-order valence-corrected chi connectivity index (χ0v) is 13.4. The predicted octanol–water partition coefficient (Wildman–Crippen LogP) is 2.61. The Labute approximate surface area is 134 Å². The molecule has 1 aromatic carbocycles. The molecule has 2 atom stereocenters. The lowest BCUT2D eigenvalue weighted by molar-refractivity contribution is -0.139. The Morgan fingerprint density at radius 1 is 1.36 bits per heavy atom. The number of hydrogen-bond acceptors (Lipinski definition) is 4. The zero-order valence-electron chi connectivity index (χ0n) is 12.6. The van der Waals surface area contributed by atoms with Crippen LogP contribution in [0.25, 0.3) is 0 Å². The molecule has 1 saturated heterocycles. The summed E-state index contributed by atoms with van der Waals surface area (Å²) >= 11 is 1.62. The molecule has 2 unspecified atom stereocenters. The van der Waals surface area contributed by atoms with Gasteiger partial charge < -0.3 is 15.2 Å². The van der Waals surface area contributed by atoms with E-state index in [4.69, 9.17) is 9.84 Å². The van der Waals surface area contributed by atoms with Crippen molar-refractivity contribution in [2.75, 3.05) is 12.9 Å². The normalized spacial score (nSPS) is 19.4. The minimum absolute atomic E-state index is 0.142. The van der Waals surface area contributed by atoms with Crippen LogP contribution in [-0.2, 0) is 14.3 Å². The molecule has 1 aliphatic rings. The number of aliphatic carboxylic acids is 1. The number of carbonyl (C=O) groups is 2. The molecule has 0 spiro atoms. The van der Waals surface area contributed by atoms with Crippen molar-refractivity contribution in [3.63, 3.8) is 0 Å². The van der Waals surface area contributed by atoms with E-state index >= 15 is 0 Å². The number of amides is 1. The topological polar surface area (TPSA) is 75.6 Å². The van der Waals surface area contributed by atoms with Gasteiger partial charge in [-0.2, -0.15) is 0 Å². The van der Waals surface area contributed by atoms with Crippen molar-refractivity contribution < 1.29 is 19.4 Å². The van der Waals surface area contributed by atoms with Crippen LogP contribution in [0.1, 0.15) is 37.3 Å². The van der Waals surface area contributed by atoms with Crippen molar-refractivity contribution in [1.82, 2.24) is 5.32 Å². The Kier molecular flexibility index (Phi) is 6.27. The fourth-order valence-corrected chi connectivity index (χ4v) is 2.88. The Bertz CT molecular complexity index is 511. The monoisotopic (exact) mass is 323 g/mol. The molecular weight excluding hydrogens is 302 g/mol. The van der Waals surface area contributed by atoms with E-state index in [2.05, 4.69) is 5.32 Å². The molecule has 0 aromatic heterocycles. The van der Waals surface area contributed by atoms with Gasteiger partial charge in [0.2, 0.25) is 5.91 Å². The maximum atomic E-state index is 12.3. The van der Waals surface area contributed by atoms with Crippen LogP contribution in [0.15, 0.2) is 29.2 Å². The Morgan fingerprint density at radius 3 is 2.64 bits per heavy atom. The van der Waals surface area contributed by atoms with Crippen molar-refractivity contribution in [3.05, 3.63) is 29.8 Å². The van der Waals surface area contributed by atoms with Crippen LogP contribution < -0.4 is 5.32 Å². The van der Waals surface area contributed by atoms with E-state index in [1.54, 1.807) is 11.8 Å². The van der Waals surface area contributed by atoms with Gasteiger partial charge in [0.25, 0.3) is 0 Å². The molecule has 120 valence electrons. The second-order valence-electron chi connectivity index (χ2n) is 5.29. The largest absolute Gasteiger partial charge is 0.481 e. The molecule has 2 N–H and O–H groups in total. The van der Waals surface area contributed by atoms with Crippen molar-refractivity contribution in [1.29, 1.82) is 0 Å². The Balaban J connectivity index is 2.07. The third kappa shape index (κ3) is 4.74. The number of carboxylic acid groups (broad SMARTS) is 1. The smallest absolute Gasteiger partial charge is 0.305 e. The second-order valence-corrected chi connectivity index (χ2v) is 6.17. The standard InChI is InChI=1S/C16H21NO4S/c1-22-12-7-5-11(6-8-12)13(10-15(18)19)17-16(20)14-4-2-3-9-21-14/h5-8,13-14H,2-4,9-10H2,1H3,(H,17,20)(H,18,19). The summed E-state index contributed by atoms with van der Waals surface area (Å²) in [7, 11) is 0. The lowest BCUT2D eigenvalue weighted by atomic mass is 10.0. The lowest BCUT2D eigenvalue weighted by Gasteiger charge is -2.25. The van der Waals surface area contributed by atoms with Gasteiger partial charge in [0.15, 0.2) is 0 Å². The average molecular weight is 323 g/mol. The van der Waals surface area contributed by atoms with Gasteiger partial charge in [0, 0.05) is 11.5 Å². The van der Waals surface area contributed by atoms with E-state index < -0.39 is 18.1 Å². The third-order valence-electron chi connectivity index (χ3n) is 3.69. The second kappa shape index (κ2) is 8.19. The van der Waals surface area contributed by atoms with Gasteiger partial charge in [0.1, 0.15) is 6.10 Å². The first-order valence-corrected chi connectivity index (χ1v) is 8.60. The van der Waals surface area contributed by atoms with E-state index in [1.807, 2.05) is 30.5 Å². The summed E-state index contributed by atoms with van der Waals surface area (Å²) in [5, 5.41) is 11.9. The van der Waals surface area contributed by atoms with Crippen molar-refractivity contribution >= 4 is 23.6 Å². The molecule has 2 rings (SSSR count). The third-order valence-corrected chi connectivity index (χ3v) is 4.43. The highest BCUT2D eigenvalue weighted by Gasteiger charge is 2.26. The van der Waals surface area contributed by atoms with E-state index in [0.29, 0.717) is 13.0 Å². The number of ether oxygens (including phenoxy) is 1. The number of carbonyl (C=O) groups excluding carboxylic acids is 1. The van der Waals surface area contributed by atoms with Crippen LogP contribution in [0.3, 0.4) is 0 Å². The van der Waals surface area contributed by atoms with Crippen LogP contribution in [0.2, 0.25) is 0 Å². The first kappa shape index (κ1) is 16.8. The summed E-state index contributed by atoms with van der Waals surface area (Å²) in [6.45, 7) is 0.587. The first-order valence-electron chi connectivity index (χ1n) is 7.38. The molecule has 6 heteroatoms. The predicted molar refractivity (Wildman–Crippen MR) is 85.0 cm³/mol. The average Bonchev–Trinajstić information content (AvgIpc) is 2.54. The summed E-state index contributed by atoms with van der Waals surface area (Å²) in [6, 6.07) is 7.05. The van der Waals surface area contributed by atoms with Crippen LogP contribution in [0.5, 0.6) is 0 Å². The van der Waals surface area contributed by atoms with Crippen LogP contribution in [-0.4, -0.2) is 35.9 Å². The van der Waals surface area contributed by atoms with Gasteiger partial charge >= 0.3 is 5.97 Å². The zero-order chi connectivity index (χ0) is 15.9. The number of benzene rings is 1. The number of thioether (sulfide) groups is 1. The Morgan fingerprint density at radius 2 is 2.09 bits per heavy atom. The van der Waals surface area contributed by atoms with Crippen LogP contribution in [0, 0.1) is 0 Å². The molecule has 1 amide bonds. The summed E-state index contributed by atoms with van der Waals surface area (Å²) < 4.78 is 5.46. The van der Waals surface area contributed by atoms with Crippen LogP contribution >= 0.6 is 11.8 Å². The summed E-state index contributed by atoms with van der Waals surface area (Å²) in [5.41, 5.74) is 0.796. The molecule has 1 aliphatic heterocycles. The van der Waals surface area contributed by atoms with E-state index in [1.165, 1.54) is 0 Å². The van der Waals surface area contributed by atoms with Gasteiger partial charge in [-0.3, -0.25) is 9.59 Å². The highest BCUT2D eigenvalue weighted by Crippen LogP contribution is 2.22. The summed E-state index contributed by atoms with van der Waals surface area (Å²) in [4.78, 5) is 24.4. The van der Waals surface area contributed by atoms with Crippen LogP contribution in [0.4, 0.5) is 0 Å². The maximum Gasteiger partial charge on any atom is 0.305 e. The summed E-state index contributed by atoms with van der Waals surface area (Å²) in [6.07, 6.45) is 4.00. The molecule has 1 fully saturated rings. The minimum Gasteiger partial charge on any atom is -0.481 e. The van der Waals surface area contributed by atoms with Gasteiger partial charge in [0.05, 0.1) is 12.5 Å². The Hall–Kier alpha value is -1.53.